The van der Waals surface area contributed by atoms with Crippen LogP contribution in [0.3, 0.4) is 0 Å². The second-order valence-electron chi connectivity index (χ2n) is 6.52. The summed E-state index contributed by atoms with van der Waals surface area (Å²) in [6.07, 6.45) is 1.31. The van der Waals surface area contributed by atoms with Crippen LogP contribution in [0.5, 0.6) is 11.6 Å². The molecule has 0 saturated heterocycles. The van der Waals surface area contributed by atoms with Gasteiger partial charge in [-0.05, 0) is 48.0 Å². The van der Waals surface area contributed by atoms with Crippen LogP contribution in [-0.4, -0.2) is 30.6 Å². The minimum absolute atomic E-state index is 0.128. The number of halogens is 3. The number of aromatic nitrogens is 4. The van der Waals surface area contributed by atoms with Crippen LogP contribution in [-0.2, 0) is 6.54 Å². The molecule has 31 heavy (non-hydrogen) atoms. The minimum Gasteiger partial charge on any atom is -0.493 e. The Morgan fingerprint density at radius 3 is 2.48 bits per heavy atom. The second kappa shape index (κ2) is 7.98. The van der Waals surface area contributed by atoms with Gasteiger partial charge in [0.1, 0.15) is 5.75 Å². The summed E-state index contributed by atoms with van der Waals surface area (Å²) >= 11 is 0. The lowest BCUT2D eigenvalue weighted by Gasteiger charge is -2.10. The van der Waals surface area contributed by atoms with Gasteiger partial charge in [0.25, 0.3) is 0 Å². The molecule has 0 unspecified atom stereocenters. The third-order valence-electron chi connectivity index (χ3n) is 4.46. The highest BCUT2D eigenvalue weighted by Gasteiger charge is 2.31. The predicted octanol–water partition coefficient (Wildman–Crippen LogP) is 3.75. The summed E-state index contributed by atoms with van der Waals surface area (Å²) in [6, 6.07) is 11.8. The molecule has 0 bridgehead atoms. The molecule has 0 fully saturated rings. The Kier molecular flexibility index (Phi) is 5.20. The van der Waals surface area contributed by atoms with Crippen molar-refractivity contribution in [1.29, 1.82) is 0 Å². The normalized spacial score (nSPS) is 11.5. The first-order chi connectivity index (χ1) is 14.8. The van der Waals surface area contributed by atoms with E-state index < -0.39 is 17.8 Å². The fourth-order valence-corrected chi connectivity index (χ4v) is 3.13. The molecular formula is C21H15F3N4O3. The number of ether oxygens (including phenoxy) is 1. The molecule has 3 aromatic heterocycles. The summed E-state index contributed by atoms with van der Waals surface area (Å²) < 4.78 is 43.1. The Hall–Kier alpha value is -4.08. The van der Waals surface area contributed by atoms with Crippen LogP contribution in [0.4, 0.5) is 13.2 Å². The van der Waals surface area contributed by atoms with Gasteiger partial charge in [-0.2, -0.15) is 0 Å². The topological polar surface area (TPSA) is 82.2 Å². The van der Waals surface area contributed by atoms with E-state index in [0.29, 0.717) is 5.69 Å². The van der Waals surface area contributed by atoms with Crippen molar-refractivity contribution < 1.29 is 23.0 Å². The van der Waals surface area contributed by atoms with Gasteiger partial charge in [0.05, 0.1) is 24.1 Å². The van der Waals surface area contributed by atoms with E-state index in [0.717, 1.165) is 27.8 Å². The van der Waals surface area contributed by atoms with Crippen molar-refractivity contribution in [3.63, 3.8) is 0 Å². The summed E-state index contributed by atoms with van der Waals surface area (Å²) in [5.41, 5.74) is 1.79. The van der Waals surface area contributed by atoms with Crippen LogP contribution < -0.4 is 10.4 Å². The number of hydrogen-bond acceptors (Lipinski definition) is 5. The van der Waals surface area contributed by atoms with Crippen LogP contribution in [0.2, 0.25) is 0 Å². The molecule has 0 amide bonds. The molecule has 0 spiro atoms. The van der Waals surface area contributed by atoms with Gasteiger partial charge >= 0.3 is 12.1 Å². The SMILES string of the molecule is O=c1n(Cc2ccncc2-c2ccccn2)cc(O)n1-c1ccc(OC(F)(F)F)cc1. The molecule has 0 radical (unpaired) electrons. The Morgan fingerprint density at radius 2 is 1.81 bits per heavy atom. The van der Waals surface area contributed by atoms with E-state index in [4.69, 9.17) is 0 Å². The van der Waals surface area contributed by atoms with Crippen molar-refractivity contribution in [2.45, 2.75) is 12.9 Å². The summed E-state index contributed by atoms with van der Waals surface area (Å²) in [5, 5.41) is 10.3. The Morgan fingerprint density at radius 1 is 1.03 bits per heavy atom. The average Bonchev–Trinajstić information content (AvgIpc) is 3.02. The molecule has 158 valence electrons. The van der Waals surface area contributed by atoms with Crippen molar-refractivity contribution >= 4 is 0 Å². The standard InChI is InChI=1S/C21H15F3N4O3/c22-21(23,24)31-16-6-4-15(5-7-16)28-19(29)13-27(20(28)30)12-14-8-10-25-11-17(14)18-3-1-2-9-26-18/h1-11,13,29H,12H2. The van der Waals surface area contributed by atoms with Gasteiger partial charge in [0.15, 0.2) is 0 Å². The van der Waals surface area contributed by atoms with E-state index in [2.05, 4.69) is 14.7 Å². The molecule has 7 nitrogen and oxygen atoms in total. The number of hydrogen-bond donors (Lipinski definition) is 1. The average molecular weight is 428 g/mol. The Labute approximate surface area is 173 Å². The molecule has 1 aromatic carbocycles. The lowest BCUT2D eigenvalue weighted by molar-refractivity contribution is -0.274. The van der Waals surface area contributed by atoms with E-state index in [1.807, 2.05) is 12.1 Å². The fraction of sp³-hybridized carbons (Fsp3) is 0.0952. The van der Waals surface area contributed by atoms with Gasteiger partial charge in [-0.3, -0.25) is 14.5 Å². The van der Waals surface area contributed by atoms with Crippen molar-refractivity contribution in [3.05, 3.63) is 89.4 Å². The molecular weight excluding hydrogens is 413 g/mol. The number of nitrogens with zero attached hydrogens (tertiary/aromatic N) is 4. The first-order valence-corrected chi connectivity index (χ1v) is 9.03. The van der Waals surface area contributed by atoms with Gasteiger partial charge in [0.2, 0.25) is 5.88 Å². The maximum atomic E-state index is 12.9. The number of pyridine rings is 2. The predicted molar refractivity (Wildman–Crippen MR) is 105 cm³/mol. The molecule has 1 N–H and O–H groups in total. The van der Waals surface area contributed by atoms with E-state index in [1.165, 1.54) is 22.9 Å². The van der Waals surface area contributed by atoms with Gasteiger partial charge in [0, 0.05) is 24.2 Å². The van der Waals surface area contributed by atoms with Crippen molar-refractivity contribution in [1.82, 2.24) is 19.1 Å². The third kappa shape index (κ3) is 4.42. The summed E-state index contributed by atoms with van der Waals surface area (Å²) in [5.74, 6) is -0.789. The van der Waals surface area contributed by atoms with Crippen molar-refractivity contribution in [3.8, 4) is 28.6 Å². The third-order valence-corrected chi connectivity index (χ3v) is 4.46. The Bertz CT molecular complexity index is 1250. The zero-order valence-corrected chi connectivity index (χ0v) is 15.8. The number of benzene rings is 1. The second-order valence-corrected chi connectivity index (χ2v) is 6.52. The summed E-state index contributed by atoms with van der Waals surface area (Å²) in [6.45, 7) is 0.128. The molecule has 3 heterocycles. The highest BCUT2D eigenvalue weighted by atomic mass is 19.4. The first-order valence-electron chi connectivity index (χ1n) is 9.03. The molecule has 10 heteroatoms. The van der Waals surface area contributed by atoms with Gasteiger partial charge in [-0.1, -0.05) is 6.07 Å². The van der Waals surface area contributed by atoms with Crippen molar-refractivity contribution in [2.75, 3.05) is 0 Å². The van der Waals surface area contributed by atoms with Crippen molar-refractivity contribution in [2.24, 2.45) is 0 Å². The minimum atomic E-state index is -4.82. The lowest BCUT2D eigenvalue weighted by atomic mass is 10.1. The number of rotatable bonds is 5. The number of imidazole rings is 1. The number of aromatic hydroxyl groups is 1. The van der Waals surface area contributed by atoms with E-state index in [9.17, 15) is 23.1 Å². The molecule has 4 aromatic rings. The zero-order valence-electron chi connectivity index (χ0n) is 15.8. The first kappa shape index (κ1) is 20.2. The van der Waals surface area contributed by atoms with Crippen LogP contribution >= 0.6 is 0 Å². The van der Waals surface area contributed by atoms with Crippen LogP contribution in [0.25, 0.3) is 16.9 Å². The molecule has 0 atom stereocenters. The van der Waals surface area contributed by atoms with Crippen LogP contribution in [0, 0.1) is 0 Å². The molecule has 0 saturated carbocycles. The maximum absolute atomic E-state index is 12.9. The molecule has 0 aliphatic carbocycles. The van der Waals surface area contributed by atoms with Gasteiger partial charge in [-0.25, -0.2) is 9.36 Å². The molecule has 4 rings (SSSR count). The monoisotopic (exact) mass is 428 g/mol. The van der Waals surface area contributed by atoms with Gasteiger partial charge in [-0.15, -0.1) is 13.2 Å². The highest BCUT2D eigenvalue weighted by molar-refractivity contribution is 5.62. The highest BCUT2D eigenvalue weighted by Crippen LogP contribution is 2.25. The van der Waals surface area contributed by atoms with Crippen LogP contribution in [0.15, 0.2) is 78.1 Å². The Balaban J connectivity index is 1.66. The fourth-order valence-electron chi connectivity index (χ4n) is 3.13. The largest absolute Gasteiger partial charge is 0.573 e. The molecule has 0 aliphatic heterocycles. The number of alkyl halides is 3. The summed E-state index contributed by atoms with van der Waals surface area (Å²) in [4.78, 5) is 21.3. The van der Waals surface area contributed by atoms with Gasteiger partial charge < -0.3 is 9.84 Å². The summed E-state index contributed by atoms with van der Waals surface area (Å²) in [7, 11) is 0. The van der Waals surface area contributed by atoms with E-state index in [1.54, 1.807) is 30.7 Å². The smallest absolute Gasteiger partial charge is 0.493 e. The van der Waals surface area contributed by atoms with Crippen LogP contribution in [0.1, 0.15) is 5.56 Å². The zero-order chi connectivity index (χ0) is 22.0. The maximum Gasteiger partial charge on any atom is 0.573 e. The lowest BCUT2D eigenvalue weighted by Crippen LogP contribution is -2.23. The molecule has 0 aliphatic rings. The van der Waals surface area contributed by atoms with E-state index in [-0.39, 0.29) is 18.1 Å². The quantitative estimate of drug-likeness (QED) is 0.524. The van der Waals surface area contributed by atoms with E-state index >= 15 is 0 Å².